The molecule has 1 N–H and O–H groups in total. The summed E-state index contributed by atoms with van der Waals surface area (Å²) in [7, 11) is 1.59. The Morgan fingerprint density at radius 2 is 1.92 bits per heavy atom. The van der Waals surface area contributed by atoms with Crippen molar-refractivity contribution in [3.8, 4) is 29.0 Å². The molecule has 5 aromatic rings. The summed E-state index contributed by atoms with van der Waals surface area (Å²) >= 11 is 0. The van der Waals surface area contributed by atoms with Crippen molar-refractivity contribution in [3.05, 3.63) is 106 Å². The van der Waals surface area contributed by atoms with Crippen LogP contribution in [0.4, 0.5) is 0 Å². The van der Waals surface area contributed by atoms with Gasteiger partial charge in [0, 0.05) is 31.8 Å². The topological polar surface area (TPSA) is 138 Å². The number of nitriles is 1. The number of fused-ring (bicyclic) bond motifs is 7. The third-order valence-electron chi connectivity index (χ3n) is 8.93. The zero-order chi connectivity index (χ0) is 33.7. The predicted molar refractivity (Wildman–Crippen MR) is 180 cm³/mol. The van der Waals surface area contributed by atoms with Gasteiger partial charge in [-0.2, -0.15) is 5.26 Å². The third-order valence-corrected chi connectivity index (χ3v) is 8.93. The van der Waals surface area contributed by atoms with Crippen molar-refractivity contribution in [2.45, 2.75) is 45.1 Å². The van der Waals surface area contributed by atoms with Gasteiger partial charge in [0.1, 0.15) is 30.3 Å². The van der Waals surface area contributed by atoms with Gasteiger partial charge >= 0.3 is 5.97 Å². The number of ether oxygens (including phenoxy) is 5. The molecule has 0 spiro atoms. The summed E-state index contributed by atoms with van der Waals surface area (Å²) in [6.07, 6.45) is 2.00. The fourth-order valence-corrected chi connectivity index (χ4v) is 6.18. The van der Waals surface area contributed by atoms with E-state index in [9.17, 15) is 15.2 Å². The highest BCUT2D eigenvalue weighted by Gasteiger charge is 2.25. The van der Waals surface area contributed by atoms with Gasteiger partial charge in [-0.1, -0.05) is 24.3 Å². The highest BCUT2D eigenvalue weighted by Crippen LogP contribution is 2.32. The summed E-state index contributed by atoms with van der Waals surface area (Å²) in [5.74, 6) is 0.634. The normalized spacial score (nSPS) is 15.7. The maximum atomic E-state index is 12.1. The highest BCUT2D eigenvalue weighted by molar-refractivity contribution is 5.95. The van der Waals surface area contributed by atoms with Crippen molar-refractivity contribution < 1.29 is 33.6 Å². The first kappa shape index (κ1) is 32.3. The molecule has 1 saturated heterocycles. The van der Waals surface area contributed by atoms with Crippen LogP contribution < -0.4 is 9.47 Å². The minimum absolute atomic E-state index is 0.0104. The number of rotatable bonds is 9. The van der Waals surface area contributed by atoms with E-state index in [0.717, 1.165) is 45.8 Å². The van der Waals surface area contributed by atoms with Gasteiger partial charge in [-0.3, -0.25) is 0 Å². The van der Waals surface area contributed by atoms with Crippen LogP contribution in [0, 0.1) is 11.3 Å². The Labute approximate surface area is 283 Å². The van der Waals surface area contributed by atoms with Gasteiger partial charge in [0.25, 0.3) is 0 Å². The van der Waals surface area contributed by atoms with Crippen LogP contribution in [0.5, 0.6) is 11.6 Å². The lowest BCUT2D eigenvalue weighted by atomic mass is 9.99. The molecule has 11 heteroatoms. The fraction of sp³-hybridized carbons (Fsp3) is 0.316. The first-order valence-corrected chi connectivity index (χ1v) is 16.3. The number of methoxy groups -OCH3 is 1. The second kappa shape index (κ2) is 14.5. The van der Waals surface area contributed by atoms with Gasteiger partial charge in [-0.15, -0.1) is 0 Å². The van der Waals surface area contributed by atoms with E-state index >= 15 is 0 Å². The number of benzene rings is 3. The molecule has 0 radical (unpaired) electrons. The second-order valence-corrected chi connectivity index (χ2v) is 12.1. The van der Waals surface area contributed by atoms with Gasteiger partial charge < -0.3 is 33.4 Å². The SMILES string of the molecule is COCCOc1cc(C(=O)O)cc2c1nc(Cc1ccc3cc1COCCc1cc(C#N)ccc1COc1cccc-3n1)n2C[C@@H]1CCO1. The number of carbonyl (C=O) groups is 1. The van der Waals surface area contributed by atoms with Crippen molar-refractivity contribution in [1.82, 2.24) is 14.5 Å². The third kappa shape index (κ3) is 7.12. The van der Waals surface area contributed by atoms with Crippen LogP contribution in [0.2, 0.25) is 0 Å². The van der Waals surface area contributed by atoms with Crippen LogP contribution in [0.3, 0.4) is 0 Å². The molecule has 0 aliphatic carbocycles. The molecule has 0 saturated carbocycles. The van der Waals surface area contributed by atoms with Gasteiger partial charge in [-0.25, -0.2) is 14.8 Å². The molecular formula is C38H36N4O7. The Kier molecular flexibility index (Phi) is 9.52. The molecule has 1 atom stereocenters. The fourth-order valence-electron chi connectivity index (χ4n) is 6.18. The summed E-state index contributed by atoms with van der Waals surface area (Å²) in [6, 6.07) is 23.0. The Morgan fingerprint density at radius 1 is 1.02 bits per heavy atom. The molecule has 250 valence electrons. The Bertz CT molecular complexity index is 2050. The Morgan fingerprint density at radius 3 is 2.71 bits per heavy atom. The van der Waals surface area contributed by atoms with Crippen molar-refractivity contribution >= 4 is 17.0 Å². The zero-order valence-electron chi connectivity index (χ0n) is 27.2. The molecule has 49 heavy (non-hydrogen) atoms. The molecule has 0 amide bonds. The number of hydrogen-bond donors (Lipinski definition) is 1. The molecule has 2 aliphatic rings. The Balaban J connectivity index is 1.27. The average Bonchev–Trinajstić information content (AvgIpc) is 3.44. The van der Waals surface area contributed by atoms with E-state index in [1.165, 1.54) is 6.07 Å². The van der Waals surface area contributed by atoms with E-state index in [0.29, 0.717) is 80.6 Å². The molecule has 1 fully saturated rings. The molecule has 3 aromatic carbocycles. The van der Waals surface area contributed by atoms with Crippen molar-refractivity contribution in [2.75, 3.05) is 33.5 Å². The van der Waals surface area contributed by atoms with E-state index in [4.69, 9.17) is 33.7 Å². The lowest BCUT2D eigenvalue weighted by molar-refractivity contribution is -0.0589. The summed E-state index contributed by atoms with van der Waals surface area (Å²) < 4.78 is 31.4. The quantitative estimate of drug-likeness (QED) is 0.195. The van der Waals surface area contributed by atoms with Crippen molar-refractivity contribution in [1.29, 1.82) is 5.26 Å². The van der Waals surface area contributed by atoms with Gasteiger partial charge in [0.05, 0.1) is 60.9 Å². The average molecular weight is 661 g/mol. The van der Waals surface area contributed by atoms with E-state index in [1.54, 1.807) is 19.2 Å². The number of imidazole rings is 1. The standard InChI is InChI=1S/C38H36N4O7/c1-45-13-14-48-34-18-29(38(43)44)17-33-37(34)41-35(42(33)21-31-10-12-47-31)19-25-7-8-27-16-30(25)22-46-11-9-26-15-24(20-39)5-6-28(26)23-49-36-4-2-3-32(27)40-36/h2-8,15-18,31H,9-14,19,21-23H2,1H3,(H,43,44)/t31-/m0/s1. The van der Waals surface area contributed by atoms with Crippen LogP contribution in [0.25, 0.3) is 22.3 Å². The summed E-state index contributed by atoms with van der Waals surface area (Å²) in [5, 5.41) is 19.4. The van der Waals surface area contributed by atoms with Crippen LogP contribution >= 0.6 is 0 Å². The minimum atomic E-state index is -1.04. The molecule has 2 aromatic heterocycles. The Hall–Kier alpha value is -5.28. The number of hydrogen-bond acceptors (Lipinski definition) is 9. The number of carboxylic acid groups (broad SMARTS) is 1. The lowest BCUT2D eigenvalue weighted by Gasteiger charge is -2.27. The van der Waals surface area contributed by atoms with Gasteiger partial charge in [-0.05, 0) is 71.5 Å². The minimum Gasteiger partial charge on any atom is -0.489 e. The summed E-state index contributed by atoms with van der Waals surface area (Å²) in [6.45, 7) is 2.99. The lowest BCUT2D eigenvalue weighted by Crippen LogP contribution is -2.31. The molecule has 7 rings (SSSR count). The molecule has 11 nitrogen and oxygen atoms in total. The number of nitrogens with zero attached hydrogens (tertiary/aromatic N) is 4. The van der Waals surface area contributed by atoms with Gasteiger partial charge in [0.15, 0.2) is 0 Å². The van der Waals surface area contributed by atoms with E-state index in [1.807, 2.05) is 36.4 Å². The predicted octanol–water partition coefficient (Wildman–Crippen LogP) is 5.72. The first-order valence-electron chi connectivity index (χ1n) is 16.3. The molecular weight excluding hydrogens is 624 g/mol. The molecule has 4 bridgehead atoms. The molecule has 4 heterocycles. The number of pyridine rings is 1. The number of aromatic nitrogens is 3. The van der Waals surface area contributed by atoms with E-state index < -0.39 is 5.97 Å². The van der Waals surface area contributed by atoms with Crippen LogP contribution in [0.1, 0.15) is 50.4 Å². The van der Waals surface area contributed by atoms with E-state index in [-0.39, 0.29) is 18.3 Å². The maximum Gasteiger partial charge on any atom is 0.335 e. The number of aromatic carboxylic acids is 1. The van der Waals surface area contributed by atoms with Crippen molar-refractivity contribution in [3.63, 3.8) is 0 Å². The highest BCUT2D eigenvalue weighted by atomic mass is 16.5. The monoisotopic (exact) mass is 660 g/mol. The van der Waals surface area contributed by atoms with Crippen LogP contribution in [-0.2, 0) is 46.8 Å². The van der Waals surface area contributed by atoms with Crippen LogP contribution in [0.15, 0.2) is 66.7 Å². The number of carboxylic acids is 1. The second-order valence-electron chi connectivity index (χ2n) is 12.1. The molecule has 0 unspecified atom stereocenters. The molecule has 2 aliphatic heterocycles. The zero-order valence-corrected chi connectivity index (χ0v) is 27.2. The van der Waals surface area contributed by atoms with Crippen LogP contribution in [-0.4, -0.2) is 65.3 Å². The largest absolute Gasteiger partial charge is 0.489 e. The van der Waals surface area contributed by atoms with Gasteiger partial charge in [0.2, 0.25) is 5.88 Å². The maximum absolute atomic E-state index is 12.1. The summed E-state index contributed by atoms with van der Waals surface area (Å²) in [5.41, 5.74) is 7.67. The van der Waals surface area contributed by atoms with E-state index in [2.05, 4.69) is 22.8 Å². The van der Waals surface area contributed by atoms with Crippen molar-refractivity contribution in [2.24, 2.45) is 0 Å². The summed E-state index contributed by atoms with van der Waals surface area (Å²) in [4.78, 5) is 22.0. The smallest absolute Gasteiger partial charge is 0.335 e. The first-order chi connectivity index (χ1) is 24.0.